The van der Waals surface area contributed by atoms with Gasteiger partial charge in [0.25, 0.3) is 11.6 Å². The Labute approximate surface area is 143 Å². The SMILES string of the molecule is Cc1cc(C(=O)NCC(O)COc2ccc([N+](=O)[O-])cc2)ccc1F. The summed E-state index contributed by atoms with van der Waals surface area (Å²) in [6, 6.07) is 9.41. The Balaban J connectivity index is 1.79. The second-order valence-corrected chi connectivity index (χ2v) is 5.39. The van der Waals surface area contributed by atoms with Crippen LogP contribution >= 0.6 is 0 Å². The van der Waals surface area contributed by atoms with Crippen LogP contribution in [0.1, 0.15) is 15.9 Å². The summed E-state index contributed by atoms with van der Waals surface area (Å²) >= 11 is 0. The Kier molecular flexibility index (Phi) is 6.02. The van der Waals surface area contributed by atoms with Gasteiger partial charge in [0.1, 0.15) is 24.3 Å². The molecular weight excluding hydrogens is 331 g/mol. The van der Waals surface area contributed by atoms with E-state index in [4.69, 9.17) is 4.74 Å². The van der Waals surface area contributed by atoms with Gasteiger partial charge in [-0.15, -0.1) is 0 Å². The highest BCUT2D eigenvalue weighted by Gasteiger charge is 2.11. The minimum Gasteiger partial charge on any atom is -0.491 e. The van der Waals surface area contributed by atoms with Gasteiger partial charge < -0.3 is 15.2 Å². The topological polar surface area (TPSA) is 102 Å². The third kappa shape index (κ3) is 5.25. The van der Waals surface area contributed by atoms with Gasteiger partial charge in [-0.2, -0.15) is 0 Å². The summed E-state index contributed by atoms with van der Waals surface area (Å²) < 4.78 is 18.5. The number of carbonyl (C=O) groups excluding carboxylic acids is 1. The van der Waals surface area contributed by atoms with Gasteiger partial charge >= 0.3 is 0 Å². The van der Waals surface area contributed by atoms with E-state index in [2.05, 4.69) is 5.32 Å². The summed E-state index contributed by atoms with van der Waals surface area (Å²) in [4.78, 5) is 22.0. The minimum absolute atomic E-state index is 0.0533. The van der Waals surface area contributed by atoms with Gasteiger partial charge in [0.15, 0.2) is 0 Å². The molecule has 132 valence electrons. The minimum atomic E-state index is -0.972. The first-order chi connectivity index (χ1) is 11.9. The fourth-order valence-corrected chi connectivity index (χ4v) is 2.01. The maximum atomic E-state index is 13.2. The summed E-state index contributed by atoms with van der Waals surface area (Å²) in [5.74, 6) is -0.462. The molecule has 0 spiro atoms. The first-order valence-electron chi connectivity index (χ1n) is 7.46. The molecule has 1 atom stereocenters. The lowest BCUT2D eigenvalue weighted by molar-refractivity contribution is -0.384. The number of benzene rings is 2. The van der Waals surface area contributed by atoms with Gasteiger partial charge in [-0.25, -0.2) is 4.39 Å². The van der Waals surface area contributed by atoms with Crippen molar-refractivity contribution >= 4 is 11.6 Å². The van der Waals surface area contributed by atoms with E-state index in [1.807, 2.05) is 0 Å². The van der Waals surface area contributed by atoms with E-state index in [-0.39, 0.29) is 18.8 Å². The maximum absolute atomic E-state index is 13.2. The highest BCUT2D eigenvalue weighted by atomic mass is 19.1. The van der Waals surface area contributed by atoms with E-state index >= 15 is 0 Å². The number of nitro groups is 1. The van der Waals surface area contributed by atoms with Crippen molar-refractivity contribution in [2.45, 2.75) is 13.0 Å². The number of amides is 1. The van der Waals surface area contributed by atoms with Gasteiger partial charge in [-0.05, 0) is 42.8 Å². The van der Waals surface area contributed by atoms with Crippen molar-refractivity contribution in [3.8, 4) is 5.75 Å². The van der Waals surface area contributed by atoms with E-state index in [1.165, 1.54) is 42.5 Å². The lowest BCUT2D eigenvalue weighted by Crippen LogP contribution is -2.35. The number of nitro benzene ring substituents is 1. The van der Waals surface area contributed by atoms with Crippen molar-refractivity contribution < 1.29 is 24.0 Å². The molecule has 2 aromatic carbocycles. The molecule has 1 unspecified atom stereocenters. The van der Waals surface area contributed by atoms with Gasteiger partial charge in [0.05, 0.1) is 4.92 Å². The molecule has 0 fully saturated rings. The maximum Gasteiger partial charge on any atom is 0.269 e. The lowest BCUT2D eigenvalue weighted by atomic mass is 10.1. The molecular formula is C17H17FN2O5. The first kappa shape index (κ1) is 18.3. The van der Waals surface area contributed by atoms with E-state index in [0.717, 1.165) is 0 Å². The molecule has 0 saturated carbocycles. The third-order valence-electron chi connectivity index (χ3n) is 3.41. The quantitative estimate of drug-likeness (QED) is 0.590. The van der Waals surface area contributed by atoms with E-state index in [0.29, 0.717) is 16.9 Å². The van der Waals surface area contributed by atoms with E-state index in [9.17, 15) is 24.4 Å². The number of aryl methyl sites for hydroxylation is 1. The molecule has 2 N–H and O–H groups in total. The van der Waals surface area contributed by atoms with Crippen LogP contribution in [0.3, 0.4) is 0 Å². The molecule has 2 aromatic rings. The van der Waals surface area contributed by atoms with Crippen LogP contribution < -0.4 is 10.1 Å². The van der Waals surface area contributed by atoms with E-state index in [1.54, 1.807) is 6.92 Å². The molecule has 0 bridgehead atoms. The molecule has 2 rings (SSSR count). The fraction of sp³-hybridized carbons (Fsp3) is 0.235. The first-order valence-corrected chi connectivity index (χ1v) is 7.46. The molecule has 1 amide bonds. The number of hydrogen-bond donors (Lipinski definition) is 2. The highest BCUT2D eigenvalue weighted by Crippen LogP contribution is 2.17. The molecule has 0 aliphatic carbocycles. The lowest BCUT2D eigenvalue weighted by Gasteiger charge is -2.13. The van der Waals surface area contributed by atoms with Crippen LogP contribution in [0.25, 0.3) is 0 Å². The Morgan fingerprint density at radius 1 is 1.32 bits per heavy atom. The zero-order valence-electron chi connectivity index (χ0n) is 13.4. The summed E-state index contributed by atoms with van der Waals surface area (Å²) in [6.45, 7) is 1.40. The summed E-state index contributed by atoms with van der Waals surface area (Å²) in [5.41, 5.74) is 0.590. The van der Waals surface area contributed by atoms with Crippen molar-refractivity contribution in [3.05, 3.63) is 69.5 Å². The van der Waals surface area contributed by atoms with Crippen molar-refractivity contribution in [2.24, 2.45) is 0 Å². The van der Waals surface area contributed by atoms with Crippen LogP contribution in [0.4, 0.5) is 10.1 Å². The van der Waals surface area contributed by atoms with Gasteiger partial charge in [0, 0.05) is 24.2 Å². The molecule has 7 nitrogen and oxygen atoms in total. The second-order valence-electron chi connectivity index (χ2n) is 5.39. The van der Waals surface area contributed by atoms with Gasteiger partial charge in [-0.1, -0.05) is 0 Å². The number of rotatable bonds is 7. The van der Waals surface area contributed by atoms with E-state index < -0.39 is 22.8 Å². The summed E-state index contributed by atoms with van der Waals surface area (Å²) in [6.07, 6.45) is -0.972. The highest BCUT2D eigenvalue weighted by molar-refractivity contribution is 5.94. The number of nitrogens with zero attached hydrogens (tertiary/aromatic N) is 1. The van der Waals surface area contributed by atoms with Gasteiger partial charge in [-0.3, -0.25) is 14.9 Å². The summed E-state index contributed by atoms with van der Waals surface area (Å²) in [5, 5.41) is 22.9. The average Bonchev–Trinajstić information content (AvgIpc) is 2.60. The molecule has 0 aliphatic heterocycles. The predicted molar refractivity (Wildman–Crippen MR) is 88.1 cm³/mol. The number of non-ortho nitro benzene ring substituents is 1. The largest absolute Gasteiger partial charge is 0.491 e. The molecule has 0 aromatic heterocycles. The van der Waals surface area contributed by atoms with Crippen LogP contribution in [0.15, 0.2) is 42.5 Å². The van der Waals surface area contributed by atoms with Crippen molar-refractivity contribution in [1.82, 2.24) is 5.32 Å². The second kappa shape index (κ2) is 8.20. The van der Waals surface area contributed by atoms with Crippen molar-refractivity contribution in [2.75, 3.05) is 13.2 Å². The number of aliphatic hydroxyl groups excluding tert-OH is 1. The molecule has 8 heteroatoms. The van der Waals surface area contributed by atoms with Crippen molar-refractivity contribution in [1.29, 1.82) is 0 Å². The zero-order chi connectivity index (χ0) is 18.4. The Morgan fingerprint density at radius 3 is 2.60 bits per heavy atom. The number of ether oxygens (including phenoxy) is 1. The van der Waals surface area contributed by atoms with Crippen LogP contribution in [-0.2, 0) is 0 Å². The normalized spacial score (nSPS) is 11.6. The molecule has 0 aliphatic rings. The predicted octanol–water partition coefficient (Wildman–Crippen LogP) is 2.21. The molecule has 0 radical (unpaired) electrons. The number of hydrogen-bond acceptors (Lipinski definition) is 5. The van der Waals surface area contributed by atoms with Crippen LogP contribution in [0.5, 0.6) is 5.75 Å². The Bertz CT molecular complexity index is 764. The molecule has 25 heavy (non-hydrogen) atoms. The zero-order valence-corrected chi connectivity index (χ0v) is 13.4. The third-order valence-corrected chi connectivity index (χ3v) is 3.41. The monoisotopic (exact) mass is 348 g/mol. The van der Waals surface area contributed by atoms with Crippen LogP contribution in [-0.4, -0.2) is 35.2 Å². The Hall–Kier alpha value is -3.00. The van der Waals surface area contributed by atoms with Crippen molar-refractivity contribution in [3.63, 3.8) is 0 Å². The van der Waals surface area contributed by atoms with Gasteiger partial charge in [0.2, 0.25) is 0 Å². The smallest absolute Gasteiger partial charge is 0.269 e. The summed E-state index contributed by atoms with van der Waals surface area (Å²) in [7, 11) is 0. The van der Waals surface area contributed by atoms with Crippen LogP contribution in [0.2, 0.25) is 0 Å². The number of carbonyl (C=O) groups is 1. The molecule has 0 saturated heterocycles. The number of halogens is 1. The van der Waals surface area contributed by atoms with Crippen LogP contribution in [0, 0.1) is 22.9 Å². The fourth-order valence-electron chi connectivity index (χ4n) is 2.01. The number of aliphatic hydroxyl groups is 1. The molecule has 0 heterocycles. The standard InChI is InChI=1S/C17H17FN2O5/c1-11-8-12(2-7-16(11)18)17(22)19-9-14(21)10-25-15-5-3-13(4-6-15)20(23)24/h2-8,14,21H,9-10H2,1H3,(H,19,22). The average molecular weight is 348 g/mol. The number of nitrogens with one attached hydrogen (secondary N) is 1. The Morgan fingerprint density at radius 2 is 2.00 bits per heavy atom.